The summed E-state index contributed by atoms with van der Waals surface area (Å²) in [5, 5.41) is 2.09. The minimum Gasteiger partial charge on any atom is -0.368 e. The van der Waals surface area contributed by atoms with Crippen LogP contribution in [0.25, 0.3) is 6.08 Å². The maximum Gasteiger partial charge on any atom is 0.246 e. The van der Waals surface area contributed by atoms with Crippen LogP contribution in [0.1, 0.15) is 12.6 Å². The zero-order valence-corrected chi connectivity index (χ0v) is 18.5. The van der Waals surface area contributed by atoms with Crippen molar-refractivity contribution in [3.8, 4) is 0 Å². The first-order valence-corrected chi connectivity index (χ1v) is 11.2. The van der Waals surface area contributed by atoms with E-state index in [1.54, 1.807) is 23.6 Å². The highest BCUT2D eigenvalue weighted by atomic mass is 32.1. The maximum atomic E-state index is 14.2. The highest BCUT2D eigenvalue weighted by Gasteiger charge is 2.21. The monoisotopic (exact) mass is 450 g/mol. The summed E-state index contributed by atoms with van der Waals surface area (Å²) < 4.78 is 14.2. The summed E-state index contributed by atoms with van der Waals surface area (Å²) >= 11 is 1.22. The average molecular weight is 451 g/mol. The van der Waals surface area contributed by atoms with Gasteiger partial charge in [-0.2, -0.15) is 0 Å². The molecule has 0 atom stereocenters. The molecule has 8 heteroatoms. The number of carbonyl (C=O) groups excluding carboxylic acids is 2. The van der Waals surface area contributed by atoms with Crippen LogP contribution in [0.2, 0.25) is 0 Å². The number of aromatic nitrogens is 1. The number of piperazine rings is 1. The van der Waals surface area contributed by atoms with E-state index in [4.69, 9.17) is 0 Å². The van der Waals surface area contributed by atoms with Crippen LogP contribution in [-0.2, 0) is 9.59 Å². The van der Waals surface area contributed by atoms with E-state index in [1.165, 1.54) is 41.4 Å². The first kappa shape index (κ1) is 21.7. The predicted molar refractivity (Wildman–Crippen MR) is 126 cm³/mol. The Morgan fingerprint density at radius 2 is 1.72 bits per heavy atom. The Morgan fingerprint density at radius 1 is 1.03 bits per heavy atom. The Bertz CT molecular complexity index is 1120. The Hall–Kier alpha value is -3.52. The molecule has 1 aliphatic heterocycles. The van der Waals surface area contributed by atoms with Crippen molar-refractivity contribution < 1.29 is 14.0 Å². The molecule has 0 aliphatic carbocycles. The second-order valence-corrected chi connectivity index (χ2v) is 8.18. The molecule has 1 fully saturated rings. The van der Waals surface area contributed by atoms with Gasteiger partial charge in [0.25, 0.3) is 0 Å². The van der Waals surface area contributed by atoms with Crippen LogP contribution in [0.4, 0.5) is 20.9 Å². The molecule has 2 aromatic carbocycles. The summed E-state index contributed by atoms with van der Waals surface area (Å²) in [6.07, 6.45) is 3.13. The maximum absolute atomic E-state index is 14.2. The van der Waals surface area contributed by atoms with Crippen molar-refractivity contribution in [1.82, 2.24) is 9.88 Å². The van der Waals surface area contributed by atoms with Crippen molar-refractivity contribution >= 4 is 45.7 Å². The lowest BCUT2D eigenvalue weighted by atomic mass is 10.2. The standard InChI is InChI=1S/C24H23FN4O2S/c1-18(30)29(22-10-6-5-9-21(22)25)24-26-19(17-32-24)11-12-23(31)28-15-13-27(14-16-28)20-7-3-2-4-8-20/h2-12,17H,13-16H2,1H3/b12-11+. The van der Waals surface area contributed by atoms with Gasteiger partial charge in [0.1, 0.15) is 5.82 Å². The van der Waals surface area contributed by atoms with Crippen LogP contribution >= 0.6 is 11.3 Å². The predicted octanol–water partition coefficient (Wildman–Crippen LogP) is 4.33. The number of carbonyl (C=O) groups is 2. The van der Waals surface area contributed by atoms with Gasteiger partial charge in [0, 0.05) is 50.2 Å². The van der Waals surface area contributed by atoms with Crippen molar-refractivity contribution in [2.75, 3.05) is 36.0 Å². The molecule has 2 heterocycles. The summed E-state index contributed by atoms with van der Waals surface area (Å²) in [5.41, 5.74) is 1.86. The molecule has 32 heavy (non-hydrogen) atoms. The van der Waals surface area contributed by atoms with Crippen molar-refractivity contribution in [2.24, 2.45) is 0 Å². The Balaban J connectivity index is 1.40. The lowest BCUT2D eigenvalue weighted by Crippen LogP contribution is -2.48. The van der Waals surface area contributed by atoms with Gasteiger partial charge in [-0.05, 0) is 30.3 Å². The van der Waals surface area contributed by atoms with E-state index in [2.05, 4.69) is 22.0 Å². The van der Waals surface area contributed by atoms with Crippen molar-refractivity contribution in [1.29, 1.82) is 0 Å². The Morgan fingerprint density at radius 3 is 2.41 bits per heavy atom. The summed E-state index contributed by atoms with van der Waals surface area (Å²) in [6, 6.07) is 16.2. The third-order valence-electron chi connectivity index (χ3n) is 5.22. The van der Waals surface area contributed by atoms with Crippen LogP contribution in [0.15, 0.2) is 66.1 Å². The number of benzene rings is 2. The Labute approximate surface area is 190 Å². The number of hydrogen-bond acceptors (Lipinski definition) is 5. The summed E-state index contributed by atoms with van der Waals surface area (Å²) in [4.78, 5) is 34.5. The van der Waals surface area contributed by atoms with E-state index in [0.29, 0.717) is 23.9 Å². The smallest absolute Gasteiger partial charge is 0.246 e. The number of hydrogen-bond donors (Lipinski definition) is 0. The summed E-state index contributed by atoms with van der Waals surface area (Å²) in [5.74, 6) is -0.919. The minimum atomic E-state index is -0.500. The summed E-state index contributed by atoms with van der Waals surface area (Å²) in [7, 11) is 0. The molecule has 0 bridgehead atoms. The number of nitrogens with zero attached hydrogens (tertiary/aromatic N) is 4. The van der Waals surface area contributed by atoms with Crippen LogP contribution < -0.4 is 9.80 Å². The molecule has 164 valence electrons. The first-order valence-electron chi connectivity index (χ1n) is 10.3. The van der Waals surface area contributed by atoms with E-state index >= 15 is 0 Å². The van der Waals surface area contributed by atoms with Gasteiger partial charge in [0.2, 0.25) is 11.8 Å². The third-order valence-corrected chi connectivity index (χ3v) is 6.06. The molecule has 3 aromatic rings. The van der Waals surface area contributed by atoms with Gasteiger partial charge in [-0.15, -0.1) is 11.3 Å². The number of amides is 2. The lowest BCUT2D eigenvalue weighted by molar-refractivity contribution is -0.126. The van der Waals surface area contributed by atoms with Crippen LogP contribution in [0.3, 0.4) is 0 Å². The molecule has 1 saturated heterocycles. The van der Waals surface area contributed by atoms with Gasteiger partial charge in [-0.25, -0.2) is 9.37 Å². The molecular formula is C24H23FN4O2S. The van der Waals surface area contributed by atoms with E-state index in [1.807, 2.05) is 23.1 Å². The molecular weight excluding hydrogens is 427 g/mol. The van der Waals surface area contributed by atoms with E-state index in [9.17, 15) is 14.0 Å². The Kier molecular flexibility index (Phi) is 6.61. The number of thiazole rings is 1. The second kappa shape index (κ2) is 9.74. The molecule has 1 aromatic heterocycles. The van der Waals surface area contributed by atoms with Gasteiger partial charge in [-0.1, -0.05) is 30.3 Å². The fourth-order valence-corrected chi connectivity index (χ4v) is 4.43. The molecule has 1 aliphatic rings. The number of anilines is 3. The molecule has 0 N–H and O–H groups in total. The number of halogens is 1. The van der Waals surface area contributed by atoms with Crippen molar-refractivity contribution in [3.63, 3.8) is 0 Å². The molecule has 0 unspecified atom stereocenters. The average Bonchev–Trinajstić information content (AvgIpc) is 3.28. The van der Waals surface area contributed by atoms with Crippen LogP contribution in [0.5, 0.6) is 0 Å². The number of rotatable bonds is 5. The van der Waals surface area contributed by atoms with Gasteiger partial charge in [0.05, 0.1) is 11.4 Å². The first-order chi connectivity index (χ1) is 15.5. The van der Waals surface area contributed by atoms with Crippen molar-refractivity contribution in [2.45, 2.75) is 6.92 Å². The SMILES string of the molecule is CC(=O)N(c1nc(/C=C/C(=O)N2CCN(c3ccccc3)CC2)cs1)c1ccccc1F. The third kappa shape index (κ3) is 4.86. The van der Waals surface area contributed by atoms with Gasteiger partial charge < -0.3 is 9.80 Å². The highest BCUT2D eigenvalue weighted by molar-refractivity contribution is 7.14. The van der Waals surface area contributed by atoms with Crippen LogP contribution in [0, 0.1) is 5.82 Å². The lowest BCUT2D eigenvalue weighted by Gasteiger charge is -2.35. The van der Waals surface area contributed by atoms with E-state index < -0.39 is 5.82 Å². The quantitative estimate of drug-likeness (QED) is 0.543. The molecule has 0 spiro atoms. The summed E-state index contributed by atoms with van der Waals surface area (Å²) in [6.45, 7) is 4.21. The van der Waals surface area contributed by atoms with E-state index in [0.717, 1.165) is 18.8 Å². The van der Waals surface area contributed by atoms with Gasteiger partial charge in [0.15, 0.2) is 5.13 Å². The van der Waals surface area contributed by atoms with Crippen LogP contribution in [-0.4, -0.2) is 47.9 Å². The largest absolute Gasteiger partial charge is 0.368 e. The molecule has 6 nitrogen and oxygen atoms in total. The molecule has 0 saturated carbocycles. The fourth-order valence-electron chi connectivity index (χ4n) is 3.58. The molecule has 2 amide bonds. The second-order valence-electron chi connectivity index (χ2n) is 7.34. The van der Waals surface area contributed by atoms with Crippen molar-refractivity contribution in [3.05, 3.63) is 77.6 Å². The minimum absolute atomic E-state index is 0.0789. The highest BCUT2D eigenvalue weighted by Crippen LogP contribution is 2.31. The zero-order valence-electron chi connectivity index (χ0n) is 17.6. The van der Waals surface area contributed by atoms with Gasteiger partial charge in [-0.3, -0.25) is 14.5 Å². The zero-order chi connectivity index (χ0) is 22.5. The molecule has 4 rings (SSSR count). The normalized spacial score (nSPS) is 14.1. The fraction of sp³-hybridized carbons (Fsp3) is 0.208. The topological polar surface area (TPSA) is 56.8 Å². The van der Waals surface area contributed by atoms with E-state index in [-0.39, 0.29) is 17.5 Å². The number of para-hydroxylation sites is 2. The van der Waals surface area contributed by atoms with Gasteiger partial charge >= 0.3 is 0 Å². The molecule has 0 radical (unpaired) electrons.